The van der Waals surface area contributed by atoms with Crippen LogP contribution < -0.4 is 11.1 Å². The van der Waals surface area contributed by atoms with Gasteiger partial charge in [0.2, 0.25) is 0 Å². The zero-order chi connectivity index (χ0) is 11.5. The van der Waals surface area contributed by atoms with E-state index < -0.39 is 11.7 Å². The summed E-state index contributed by atoms with van der Waals surface area (Å²) in [6.07, 6.45) is 0.301. The molecule has 3 N–H and O–H groups in total. The van der Waals surface area contributed by atoms with Crippen molar-refractivity contribution in [1.29, 1.82) is 0 Å². The third-order valence-corrected chi connectivity index (χ3v) is 2.14. The van der Waals surface area contributed by atoms with Crippen LogP contribution in [0.1, 0.15) is 27.2 Å². The molecular weight excluding hydrogens is 196 g/mol. The number of nitrogens with two attached hydrogens (primary N) is 1. The molecule has 0 radical (unpaired) electrons. The molecule has 2 atom stereocenters. The number of carbonyl (C=O) groups is 1. The van der Waals surface area contributed by atoms with Gasteiger partial charge in [-0.05, 0) is 27.2 Å². The van der Waals surface area contributed by atoms with Gasteiger partial charge in [-0.25, -0.2) is 4.79 Å². The van der Waals surface area contributed by atoms with Crippen molar-refractivity contribution in [1.82, 2.24) is 5.32 Å². The highest BCUT2D eigenvalue weighted by Gasteiger charge is 2.29. The van der Waals surface area contributed by atoms with Crippen LogP contribution in [0.2, 0.25) is 0 Å². The van der Waals surface area contributed by atoms with Crippen molar-refractivity contribution >= 4 is 6.09 Å². The van der Waals surface area contributed by atoms with Gasteiger partial charge in [-0.3, -0.25) is 0 Å². The molecule has 15 heavy (non-hydrogen) atoms. The van der Waals surface area contributed by atoms with E-state index in [1.165, 1.54) is 0 Å². The van der Waals surface area contributed by atoms with Crippen molar-refractivity contribution in [3.63, 3.8) is 0 Å². The van der Waals surface area contributed by atoms with Gasteiger partial charge in [0.05, 0.1) is 12.1 Å². The van der Waals surface area contributed by atoms with Crippen LogP contribution >= 0.6 is 0 Å². The molecule has 0 saturated carbocycles. The Kier molecular flexibility index (Phi) is 3.93. The molecule has 0 aromatic heterocycles. The van der Waals surface area contributed by atoms with Crippen LogP contribution in [0.15, 0.2) is 0 Å². The zero-order valence-electron chi connectivity index (χ0n) is 9.58. The molecule has 1 rings (SSSR count). The SMILES string of the molecule is CC(C)(C)OC(=O)N[C@@H]1CCO[C@@H]1CN. The van der Waals surface area contributed by atoms with E-state index >= 15 is 0 Å². The molecule has 0 aromatic rings. The Labute approximate surface area is 90.3 Å². The van der Waals surface area contributed by atoms with Crippen LogP contribution in [0.3, 0.4) is 0 Å². The largest absolute Gasteiger partial charge is 0.444 e. The van der Waals surface area contributed by atoms with E-state index in [1.54, 1.807) is 0 Å². The van der Waals surface area contributed by atoms with Crippen LogP contribution in [0.4, 0.5) is 4.79 Å². The number of hydrogen-bond acceptors (Lipinski definition) is 4. The molecule has 0 unspecified atom stereocenters. The first kappa shape index (κ1) is 12.3. The van der Waals surface area contributed by atoms with Crippen LogP contribution in [0, 0.1) is 0 Å². The van der Waals surface area contributed by atoms with Gasteiger partial charge in [-0.15, -0.1) is 0 Å². The quantitative estimate of drug-likeness (QED) is 0.710. The molecule has 5 nitrogen and oxygen atoms in total. The van der Waals surface area contributed by atoms with Crippen LogP contribution in [0.5, 0.6) is 0 Å². The fraction of sp³-hybridized carbons (Fsp3) is 0.900. The molecule has 0 bridgehead atoms. The lowest BCUT2D eigenvalue weighted by Crippen LogP contribution is -2.45. The second kappa shape index (κ2) is 4.81. The summed E-state index contributed by atoms with van der Waals surface area (Å²) in [5, 5.41) is 2.77. The fourth-order valence-corrected chi connectivity index (χ4v) is 1.50. The first-order valence-corrected chi connectivity index (χ1v) is 5.23. The van der Waals surface area contributed by atoms with Crippen LogP contribution in [-0.2, 0) is 9.47 Å². The summed E-state index contributed by atoms with van der Waals surface area (Å²) in [6.45, 7) is 6.55. The van der Waals surface area contributed by atoms with Gasteiger partial charge in [0.1, 0.15) is 5.60 Å². The number of ether oxygens (including phenoxy) is 2. The lowest BCUT2D eigenvalue weighted by atomic mass is 10.1. The van der Waals surface area contributed by atoms with Gasteiger partial charge < -0.3 is 20.5 Å². The van der Waals surface area contributed by atoms with Crippen molar-refractivity contribution in [3.8, 4) is 0 Å². The average molecular weight is 216 g/mol. The summed E-state index contributed by atoms with van der Waals surface area (Å²) in [6, 6.07) is -0.0233. The molecule has 0 spiro atoms. The Hall–Kier alpha value is -0.810. The summed E-state index contributed by atoms with van der Waals surface area (Å²) < 4.78 is 10.5. The molecule has 1 saturated heterocycles. The van der Waals surface area contributed by atoms with E-state index in [0.717, 1.165) is 6.42 Å². The van der Waals surface area contributed by atoms with E-state index in [-0.39, 0.29) is 12.1 Å². The minimum absolute atomic E-state index is 0.0233. The first-order chi connectivity index (χ1) is 6.92. The lowest BCUT2D eigenvalue weighted by Gasteiger charge is -2.23. The van der Waals surface area contributed by atoms with Gasteiger partial charge in [0.25, 0.3) is 0 Å². The molecular formula is C10H20N2O3. The molecule has 1 aliphatic rings. The van der Waals surface area contributed by atoms with Crippen LogP contribution in [0.25, 0.3) is 0 Å². The Balaban J connectivity index is 2.37. The number of rotatable bonds is 2. The normalized spacial score (nSPS) is 26.4. The predicted molar refractivity (Wildman–Crippen MR) is 56.6 cm³/mol. The molecule has 1 fully saturated rings. The van der Waals surface area contributed by atoms with E-state index in [9.17, 15) is 4.79 Å². The van der Waals surface area contributed by atoms with Crippen LogP contribution in [-0.4, -0.2) is 37.0 Å². The van der Waals surface area contributed by atoms with Crippen molar-refractivity contribution in [2.75, 3.05) is 13.2 Å². The van der Waals surface area contributed by atoms with E-state index in [2.05, 4.69) is 5.32 Å². The summed E-state index contributed by atoms with van der Waals surface area (Å²) in [5.41, 5.74) is 5.04. The van der Waals surface area contributed by atoms with Gasteiger partial charge >= 0.3 is 6.09 Å². The summed E-state index contributed by atoms with van der Waals surface area (Å²) >= 11 is 0. The number of amides is 1. The Bertz CT molecular complexity index is 225. The number of hydrogen-bond donors (Lipinski definition) is 2. The van der Waals surface area contributed by atoms with Crippen molar-refractivity contribution in [2.45, 2.75) is 44.9 Å². The molecule has 5 heteroatoms. The predicted octanol–water partition coefficient (Wildman–Crippen LogP) is 0.627. The topological polar surface area (TPSA) is 73.6 Å². The van der Waals surface area contributed by atoms with E-state index in [1.807, 2.05) is 20.8 Å². The summed E-state index contributed by atoms with van der Waals surface area (Å²) in [7, 11) is 0. The number of alkyl carbamates (subject to hydrolysis) is 1. The van der Waals surface area contributed by atoms with E-state index in [4.69, 9.17) is 15.2 Å². The average Bonchev–Trinajstić information content (AvgIpc) is 2.48. The van der Waals surface area contributed by atoms with Crippen molar-refractivity contribution in [2.24, 2.45) is 5.73 Å². The molecule has 1 heterocycles. The van der Waals surface area contributed by atoms with E-state index in [0.29, 0.717) is 13.2 Å². The maximum atomic E-state index is 11.4. The van der Waals surface area contributed by atoms with Gasteiger partial charge in [0, 0.05) is 13.2 Å². The highest BCUT2D eigenvalue weighted by Crippen LogP contribution is 2.13. The van der Waals surface area contributed by atoms with Gasteiger partial charge in [-0.1, -0.05) is 0 Å². The zero-order valence-corrected chi connectivity index (χ0v) is 9.58. The van der Waals surface area contributed by atoms with Gasteiger partial charge in [-0.2, -0.15) is 0 Å². The second-order valence-corrected chi connectivity index (χ2v) is 4.69. The molecule has 88 valence electrons. The van der Waals surface area contributed by atoms with Crippen molar-refractivity contribution in [3.05, 3.63) is 0 Å². The molecule has 1 amide bonds. The lowest BCUT2D eigenvalue weighted by molar-refractivity contribution is 0.0456. The highest BCUT2D eigenvalue weighted by atomic mass is 16.6. The standard InChI is InChI=1S/C10H20N2O3/c1-10(2,3)15-9(13)12-7-4-5-14-8(7)6-11/h7-8H,4-6,11H2,1-3H3,(H,12,13)/t7-,8-/m1/s1. The second-order valence-electron chi connectivity index (χ2n) is 4.69. The minimum Gasteiger partial charge on any atom is -0.444 e. The third kappa shape index (κ3) is 4.05. The Morgan fingerprint density at radius 3 is 2.80 bits per heavy atom. The Morgan fingerprint density at radius 2 is 2.27 bits per heavy atom. The fourth-order valence-electron chi connectivity index (χ4n) is 1.50. The molecule has 0 aliphatic carbocycles. The summed E-state index contributed by atoms with van der Waals surface area (Å²) in [5.74, 6) is 0. The molecule has 1 aliphatic heterocycles. The number of carbonyl (C=O) groups excluding carboxylic acids is 1. The summed E-state index contributed by atoms with van der Waals surface area (Å²) in [4.78, 5) is 11.4. The third-order valence-electron chi connectivity index (χ3n) is 2.14. The monoisotopic (exact) mass is 216 g/mol. The maximum absolute atomic E-state index is 11.4. The first-order valence-electron chi connectivity index (χ1n) is 5.23. The number of nitrogens with one attached hydrogen (secondary N) is 1. The van der Waals surface area contributed by atoms with Gasteiger partial charge in [0.15, 0.2) is 0 Å². The maximum Gasteiger partial charge on any atom is 0.407 e. The highest BCUT2D eigenvalue weighted by molar-refractivity contribution is 5.68. The van der Waals surface area contributed by atoms with Crippen molar-refractivity contribution < 1.29 is 14.3 Å². The minimum atomic E-state index is -0.470. The smallest absolute Gasteiger partial charge is 0.407 e. The molecule has 0 aromatic carbocycles. The Morgan fingerprint density at radius 1 is 1.60 bits per heavy atom.